The van der Waals surface area contributed by atoms with E-state index in [1.54, 1.807) is 0 Å². The molecule has 0 amide bonds. The van der Waals surface area contributed by atoms with Gasteiger partial charge in [0, 0.05) is 5.56 Å². The fourth-order valence-corrected chi connectivity index (χ4v) is 1.50. The van der Waals surface area contributed by atoms with E-state index < -0.39 is 11.6 Å². The van der Waals surface area contributed by atoms with Gasteiger partial charge in [-0.1, -0.05) is 11.2 Å². The molecule has 0 aliphatic rings. The lowest BCUT2D eigenvalue weighted by Gasteiger charge is -1.99. The molecule has 3 nitrogen and oxygen atoms in total. The Balaban J connectivity index is 2.64. The van der Waals surface area contributed by atoms with E-state index in [1.807, 2.05) is 0 Å². The molecule has 78 valence electrons. The van der Waals surface area contributed by atoms with E-state index in [0.717, 1.165) is 6.07 Å². The summed E-state index contributed by atoms with van der Waals surface area (Å²) in [5.74, 6) is -1.90. The third kappa shape index (κ3) is 1.61. The SMILES string of the molecule is Nc1onc(-c2cccc(F)c2F)c1Br. The van der Waals surface area contributed by atoms with Gasteiger partial charge < -0.3 is 10.3 Å². The number of halogens is 3. The molecule has 0 spiro atoms. The highest BCUT2D eigenvalue weighted by Gasteiger charge is 2.18. The van der Waals surface area contributed by atoms with Crippen LogP contribution in [0.2, 0.25) is 0 Å². The van der Waals surface area contributed by atoms with E-state index in [1.165, 1.54) is 12.1 Å². The van der Waals surface area contributed by atoms with Gasteiger partial charge in [-0.3, -0.25) is 0 Å². The first kappa shape index (κ1) is 10.1. The lowest BCUT2D eigenvalue weighted by molar-refractivity contribution is 0.437. The number of rotatable bonds is 1. The number of aromatic nitrogens is 1. The second-order valence-electron chi connectivity index (χ2n) is 2.81. The fraction of sp³-hybridized carbons (Fsp3) is 0. The molecule has 0 saturated heterocycles. The first-order valence-electron chi connectivity index (χ1n) is 3.96. The predicted octanol–water partition coefficient (Wildman–Crippen LogP) is 2.96. The monoisotopic (exact) mass is 274 g/mol. The van der Waals surface area contributed by atoms with E-state index in [-0.39, 0.29) is 17.1 Å². The summed E-state index contributed by atoms with van der Waals surface area (Å²) in [4.78, 5) is 0. The third-order valence-electron chi connectivity index (χ3n) is 1.87. The highest BCUT2D eigenvalue weighted by molar-refractivity contribution is 9.10. The molecule has 1 aromatic carbocycles. The number of hydrogen-bond donors (Lipinski definition) is 1. The van der Waals surface area contributed by atoms with Gasteiger partial charge in [0.15, 0.2) is 11.6 Å². The summed E-state index contributed by atoms with van der Waals surface area (Å²) < 4.78 is 31.2. The molecule has 0 bridgehead atoms. The minimum atomic E-state index is -0.980. The molecule has 0 fully saturated rings. The van der Waals surface area contributed by atoms with Crippen molar-refractivity contribution in [2.45, 2.75) is 0 Å². The van der Waals surface area contributed by atoms with Crippen molar-refractivity contribution in [2.24, 2.45) is 0 Å². The number of nitrogens with zero attached hydrogens (tertiary/aromatic N) is 1. The maximum absolute atomic E-state index is 13.4. The van der Waals surface area contributed by atoms with Gasteiger partial charge in [-0.25, -0.2) is 8.78 Å². The maximum atomic E-state index is 13.4. The van der Waals surface area contributed by atoms with Crippen LogP contribution in [-0.2, 0) is 0 Å². The van der Waals surface area contributed by atoms with Gasteiger partial charge in [-0.2, -0.15) is 0 Å². The minimum Gasteiger partial charge on any atom is -0.367 e. The van der Waals surface area contributed by atoms with Gasteiger partial charge in [0.25, 0.3) is 0 Å². The van der Waals surface area contributed by atoms with Crippen LogP contribution in [0.25, 0.3) is 11.3 Å². The summed E-state index contributed by atoms with van der Waals surface area (Å²) in [6, 6.07) is 3.79. The van der Waals surface area contributed by atoms with Crippen molar-refractivity contribution >= 4 is 21.8 Å². The van der Waals surface area contributed by atoms with Crippen molar-refractivity contribution in [2.75, 3.05) is 5.73 Å². The molecule has 0 atom stereocenters. The number of hydrogen-bond acceptors (Lipinski definition) is 3. The zero-order valence-corrected chi connectivity index (χ0v) is 8.88. The molecule has 6 heteroatoms. The summed E-state index contributed by atoms with van der Waals surface area (Å²) in [5.41, 5.74) is 5.52. The second-order valence-corrected chi connectivity index (χ2v) is 3.60. The van der Waals surface area contributed by atoms with Crippen molar-refractivity contribution in [1.29, 1.82) is 0 Å². The Labute approximate surface area is 92.0 Å². The summed E-state index contributed by atoms with van der Waals surface area (Å²) in [6.07, 6.45) is 0. The van der Waals surface area contributed by atoms with Crippen LogP contribution in [0.5, 0.6) is 0 Å². The molecule has 2 aromatic rings. The molecule has 1 aromatic heterocycles. The van der Waals surface area contributed by atoms with E-state index in [2.05, 4.69) is 25.6 Å². The molecular formula is C9H5BrF2N2O. The average Bonchev–Trinajstić information content (AvgIpc) is 2.53. The molecule has 0 aliphatic heterocycles. The summed E-state index contributed by atoms with van der Waals surface area (Å²) in [5, 5.41) is 3.53. The standard InChI is InChI=1S/C9H5BrF2N2O/c10-6-8(14-15-9(6)13)4-2-1-3-5(11)7(4)12/h1-3H,13H2. The molecule has 2 rings (SSSR count). The molecule has 0 radical (unpaired) electrons. The molecule has 0 aliphatic carbocycles. The lowest BCUT2D eigenvalue weighted by Crippen LogP contribution is -1.89. The van der Waals surface area contributed by atoms with Crippen LogP contribution < -0.4 is 5.73 Å². The zero-order valence-electron chi connectivity index (χ0n) is 7.30. The van der Waals surface area contributed by atoms with Crippen molar-refractivity contribution in [3.63, 3.8) is 0 Å². The van der Waals surface area contributed by atoms with E-state index in [4.69, 9.17) is 5.73 Å². The number of nitrogen functional groups attached to an aromatic ring is 1. The van der Waals surface area contributed by atoms with Gasteiger partial charge in [0.05, 0.1) is 0 Å². The molecule has 0 unspecified atom stereocenters. The topological polar surface area (TPSA) is 52.0 Å². The van der Waals surface area contributed by atoms with Gasteiger partial charge in [0.2, 0.25) is 5.88 Å². The molecular weight excluding hydrogens is 270 g/mol. The molecule has 1 heterocycles. The van der Waals surface area contributed by atoms with E-state index in [9.17, 15) is 8.78 Å². The quantitative estimate of drug-likeness (QED) is 0.870. The van der Waals surface area contributed by atoms with Crippen LogP contribution in [-0.4, -0.2) is 5.16 Å². The van der Waals surface area contributed by atoms with Crippen molar-refractivity contribution < 1.29 is 13.3 Å². The van der Waals surface area contributed by atoms with Crippen LogP contribution in [0.1, 0.15) is 0 Å². The fourth-order valence-electron chi connectivity index (χ4n) is 1.15. The zero-order chi connectivity index (χ0) is 11.0. The average molecular weight is 275 g/mol. The first-order chi connectivity index (χ1) is 7.11. The highest BCUT2D eigenvalue weighted by Crippen LogP contribution is 2.33. The largest absolute Gasteiger partial charge is 0.367 e. The van der Waals surface area contributed by atoms with Gasteiger partial charge in [-0.15, -0.1) is 0 Å². The molecule has 2 N–H and O–H groups in total. The summed E-state index contributed by atoms with van der Waals surface area (Å²) in [7, 11) is 0. The van der Waals surface area contributed by atoms with Gasteiger partial charge >= 0.3 is 0 Å². The highest BCUT2D eigenvalue weighted by atomic mass is 79.9. The lowest BCUT2D eigenvalue weighted by atomic mass is 10.1. The Morgan fingerprint density at radius 1 is 1.33 bits per heavy atom. The number of nitrogens with two attached hydrogens (primary N) is 1. The van der Waals surface area contributed by atoms with E-state index >= 15 is 0 Å². The second kappa shape index (κ2) is 3.62. The van der Waals surface area contributed by atoms with Gasteiger partial charge in [-0.05, 0) is 28.1 Å². The smallest absolute Gasteiger partial charge is 0.237 e. The van der Waals surface area contributed by atoms with Crippen LogP contribution in [0.4, 0.5) is 14.7 Å². The maximum Gasteiger partial charge on any atom is 0.237 e. The Hall–Kier alpha value is -1.43. The van der Waals surface area contributed by atoms with Crippen LogP contribution in [0, 0.1) is 11.6 Å². The van der Waals surface area contributed by atoms with Crippen molar-refractivity contribution in [3.05, 3.63) is 34.3 Å². The van der Waals surface area contributed by atoms with Crippen LogP contribution in [0.15, 0.2) is 27.2 Å². The molecule has 15 heavy (non-hydrogen) atoms. The third-order valence-corrected chi connectivity index (χ3v) is 2.63. The van der Waals surface area contributed by atoms with E-state index in [0.29, 0.717) is 4.47 Å². The minimum absolute atomic E-state index is 0.00215. The van der Waals surface area contributed by atoms with Crippen LogP contribution in [0.3, 0.4) is 0 Å². The first-order valence-corrected chi connectivity index (χ1v) is 4.75. The van der Waals surface area contributed by atoms with Crippen LogP contribution >= 0.6 is 15.9 Å². The Morgan fingerprint density at radius 2 is 2.07 bits per heavy atom. The normalized spacial score (nSPS) is 10.6. The van der Waals surface area contributed by atoms with Crippen molar-refractivity contribution in [1.82, 2.24) is 5.16 Å². The summed E-state index contributed by atoms with van der Waals surface area (Å²) in [6.45, 7) is 0. The summed E-state index contributed by atoms with van der Waals surface area (Å²) >= 11 is 3.08. The Bertz CT molecular complexity index is 513. The number of anilines is 1. The Morgan fingerprint density at radius 3 is 2.67 bits per heavy atom. The number of benzene rings is 1. The predicted molar refractivity (Wildman–Crippen MR) is 54.0 cm³/mol. The van der Waals surface area contributed by atoms with Crippen molar-refractivity contribution in [3.8, 4) is 11.3 Å². The van der Waals surface area contributed by atoms with Gasteiger partial charge in [0.1, 0.15) is 10.2 Å². The molecule has 0 saturated carbocycles. The Kier molecular flexibility index (Phi) is 2.44.